The van der Waals surface area contributed by atoms with E-state index in [9.17, 15) is 13.2 Å². The average molecular weight is 438 g/mol. The predicted octanol–water partition coefficient (Wildman–Crippen LogP) is 7.08. The number of nitrogens with one attached hydrogen (secondary N) is 1. The zero-order valence-electron chi connectivity index (χ0n) is 18.0. The predicted molar refractivity (Wildman–Crippen MR) is 121 cm³/mol. The summed E-state index contributed by atoms with van der Waals surface area (Å²) in [5.74, 6) is -0.222. The zero-order chi connectivity index (χ0) is 22.7. The van der Waals surface area contributed by atoms with Crippen molar-refractivity contribution in [2.75, 3.05) is 0 Å². The summed E-state index contributed by atoms with van der Waals surface area (Å²) in [6.45, 7) is 5.72. The molecule has 0 unspecified atom stereocenters. The highest BCUT2D eigenvalue weighted by atomic mass is 19.4. The molecule has 0 radical (unpaired) electrons. The van der Waals surface area contributed by atoms with Gasteiger partial charge in [0, 0.05) is 41.8 Å². The van der Waals surface area contributed by atoms with Gasteiger partial charge in [0.1, 0.15) is 5.75 Å². The lowest BCUT2D eigenvalue weighted by atomic mass is 10.0. The van der Waals surface area contributed by atoms with E-state index in [1.807, 2.05) is 24.4 Å². The van der Waals surface area contributed by atoms with E-state index in [0.717, 1.165) is 34.1 Å². The molecule has 0 bridgehead atoms. The lowest BCUT2D eigenvalue weighted by Crippen LogP contribution is -2.17. The van der Waals surface area contributed by atoms with Gasteiger partial charge in [0.25, 0.3) is 0 Å². The van der Waals surface area contributed by atoms with Crippen LogP contribution in [0.15, 0.2) is 79.0 Å². The van der Waals surface area contributed by atoms with Gasteiger partial charge in [0.2, 0.25) is 0 Å². The van der Waals surface area contributed by atoms with Gasteiger partial charge in [-0.25, -0.2) is 0 Å². The number of hydrogen-bond acceptors (Lipinski definition) is 2. The standard InChI is InChI=1S/C26H25F3N2O/c1-3-31-17-24(21-10-12-22(13-11-21)32-26(27,28)29)23-15-19(9-14-25(23)31)16-30-18(2)20-7-5-4-6-8-20/h4-15,17-18,30H,3,16H2,1-2H3/t18-/m1/s1. The molecule has 0 aliphatic carbocycles. The number of rotatable bonds is 7. The van der Waals surface area contributed by atoms with E-state index in [4.69, 9.17) is 0 Å². The lowest BCUT2D eigenvalue weighted by molar-refractivity contribution is -0.274. The summed E-state index contributed by atoms with van der Waals surface area (Å²) in [5, 5.41) is 4.63. The van der Waals surface area contributed by atoms with Gasteiger partial charge >= 0.3 is 6.36 Å². The smallest absolute Gasteiger partial charge is 0.406 e. The number of aryl methyl sites for hydroxylation is 1. The number of alkyl halides is 3. The molecular formula is C26H25F3N2O. The van der Waals surface area contributed by atoms with E-state index in [1.54, 1.807) is 12.1 Å². The molecule has 0 fully saturated rings. The highest BCUT2D eigenvalue weighted by Crippen LogP contribution is 2.33. The molecular weight excluding hydrogens is 413 g/mol. The Hall–Kier alpha value is -3.25. The minimum absolute atomic E-state index is 0.216. The summed E-state index contributed by atoms with van der Waals surface area (Å²) in [6.07, 6.45) is -2.65. The maximum Gasteiger partial charge on any atom is 0.573 e. The third kappa shape index (κ3) is 4.97. The van der Waals surface area contributed by atoms with Crippen molar-refractivity contribution in [3.63, 3.8) is 0 Å². The Morgan fingerprint density at radius 2 is 1.69 bits per heavy atom. The first-order valence-electron chi connectivity index (χ1n) is 10.6. The van der Waals surface area contributed by atoms with Crippen molar-refractivity contribution in [1.82, 2.24) is 9.88 Å². The van der Waals surface area contributed by atoms with Crippen molar-refractivity contribution in [2.45, 2.75) is 39.3 Å². The molecule has 166 valence electrons. The minimum Gasteiger partial charge on any atom is -0.406 e. The van der Waals surface area contributed by atoms with Gasteiger partial charge < -0.3 is 14.6 Å². The van der Waals surface area contributed by atoms with Gasteiger partial charge in [-0.05, 0) is 54.8 Å². The van der Waals surface area contributed by atoms with E-state index in [-0.39, 0.29) is 11.8 Å². The molecule has 1 aromatic heterocycles. The van der Waals surface area contributed by atoms with Crippen LogP contribution in [0.1, 0.15) is 31.0 Å². The molecule has 4 aromatic rings. The van der Waals surface area contributed by atoms with Gasteiger partial charge in [-0.1, -0.05) is 48.5 Å². The van der Waals surface area contributed by atoms with Crippen LogP contribution in [0.25, 0.3) is 22.0 Å². The molecule has 3 aromatic carbocycles. The highest BCUT2D eigenvalue weighted by Gasteiger charge is 2.31. The summed E-state index contributed by atoms with van der Waals surface area (Å²) in [4.78, 5) is 0. The molecule has 0 spiro atoms. The summed E-state index contributed by atoms with van der Waals surface area (Å²) >= 11 is 0. The monoisotopic (exact) mass is 438 g/mol. The number of fused-ring (bicyclic) bond motifs is 1. The van der Waals surface area contributed by atoms with Crippen molar-refractivity contribution in [3.05, 3.63) is 90.1 Å². The van der Waals surface area contributed by atoms with E-state index in [2.05, 4.69) is 58.8 Å². The van der Waals surface area contributed by atoms with Crippen LogP contribution in [0.2, 0.25) is 0 Å². The van der Waals surface area contributed by atoms with E-state index < -0.39 is 6.36 Å². The molecule has 0 saturated heterocycles. The minimum atomic E-state index is -4.70. The number of halogens is 3. The Balaban J connectivity index is 1.60. The van der Waals surface area contributed by atoms with Crippen LogP contribution in [-0.2, 0) is 13.1 Å². The van der Waals surface area contributed by atoms with Crippen LogP contribution in [-0.4, -0.2) is 10.9 Å². The van der Waals surface area contributed by atoms with Crippen molar-refractivity contribution in [1.29, 1.82) is 0 Å². The van der Waals surface area contributed by atoms with Crippen molar-refractivity contribution >= 4 is 10.9 Å². The number of benzene rings is 3. The summed E-state index contributed by atoms with van der Waals surface area (Å²) < 4.78 is 43.6. The van der Waals surface area contributed by atoms with Crippen molar-refractivity contribution < 1.29 is 17.9 Å². The normalized spacial score (nSPS) is 12.8. The lowest BCUT2D eigenvalue weighted by Gasteiger charge is -2.14. The van der Waals surface area contributed by atoms with Crippen molar-refractivity contribution in [3.8, 4) is 16.9 Å². The second-order valence-electron chi connectivity index (χ2n) is 7.77. The average Bonchev–Trinajstić information content (AvgIpc) is 3.15. The van der Waals surface area contributed by atoms with E-state index in [1.165, 1.54) is 17.7 Å². The topological polar surface area (TPSA) is 26.2 Å². The fourth-order valence-electron chi connectivity index (χ4n) is 3.91. The summed E-state index contributed by atoms with van der Waals surface area (Å²) in [6, 6.07) is 22.9. The molecule has 1 heterocycles. The number of hydrogen-bond donors (Lipinski definition) is 1. The summed E-state index contributed by atoms with van der Waals surface area (Å²) in [5.41, 5.74) is 5.30. The first kappa shape index (κ1) is 22.0. The Bertz CT molecular complexity index is 1180. The molecule has 1 atom stereocenters. The van der Waals surface area contributed by atoms with Crippen molar-refractivity contribution in [2.24, 2.45) is 0 Å². The molecule has 1 N–H and O–H groups in total. The van der Waals surface area contributed by atoms with Crippen LogP contribution in [0.4, 0.5) is 13.2 Å². The Labute approximate surface area is 185 Å². The Morgan fingerprint density at radius 1 is 0.969 bits per heavy atom. The molecule has 0 aliphatic rings. The molecule has 4 rings (SSSR count). The van der Waals surface area contributed by atoms with E-state index >= 15 is 0 Å². The molecule has 0 saturated carbocycles. The van der Waals surface area contributed by atoms with Gasteiger partial charge in [-0.2, -0.15) is 0 Å². The maximum absolute atomic E-state index is 12.5. The van der Waals surface area contributed by atoms with Crippen LogP contribution >= 0.6 is 0 Å². The van der Waals surface area contributed by atoms with Crippen LogP contribution in [0.3, 0.4) is 0 Å². The van der Waals surface area contributed by atoms with Gasteiger partial charge in [-0.15, -0.1) is 13.2 Å². The molecule has 3 nitrogen and oxygen atoms in total. The SMILES string of the molecule is CCn1cc(-c2ccc(OC(F)(F)F)cc2)c2cc(CN[C@H](C)c3ccccc3)ccc21. The Morgan fingerprint density at radius 3 is 2.34 bits per heavy atom. The summed E-state index contributed by atoms with van der Waals surface area (Å²) in [7, 11) is 0. The number of ether oxygens (including phenoxy) is 1. The van der Waals surface area contributed by atoms with Crippen LogP contribution < -0.4 is 10.1 Å². The number of nitrogens with zero attached hydrogens (tertiary/aromatic N) is 1. The Kier molecular flexibility index (Phi) is 6.24. The van der Waals surface area contributed by atoms with Crippen LogP contribution in [0.5, 0.6) is 5.75 Å². The second-order valence-corrected chi connectivity index (χ2v) is 7.77. The molecule has 0 aliphatic heterocycles. The zero-order valence-corrected chi connectivity index (χ0v) is 18.0. The first-order valence-corrected chi connectivity index (χ1v) is 10.6. The van der Waals surface area contributed by atoms with Gasteiger partial charge in [0.15, 0.2) is 0 Å². The first-order chi connectivity index (χ1) is 15.3. The van der Waals surface area contributed by atoms with E-state index in [0.29, 0.717) is 6.54 Å². The van der Waals surface area contributed by atoms with Gasteiger partial charge in [-0.3, -0.25) is 0 Å². The maximum atomic E-state index is 12.5. The molecule has 6 heteroatoms. The third-order valence-corrected chi connectivity index (χ3v) is 5.60. The van der Waals surface area contributed by atoms with Gasteiger partial charge in [0.05, 0.1) is 0 Å². The fraction of sp³-hybridized carbons (Fsp3) is 0.231. The molecule has 32 heavy (non-hydrogen) atoms. The molecule has 0 amide bonds. The van der Waals surface area contributed by atoms with Crippen LogP contribution in [0, 0.1) is 0 Å². The third-order valence-electron chi connectivity index (χ3n) is 5.60. The largest absolute Gasteiger partial charge is 0.573 e. The quantitative estimate of drug-likeness (QED) is 0.334. The second kappa shape index (κ2) is 9.09. The fourth-order valence-corrected chi connectivity index (χ4v) is 3.91. The highest BCUT2D eigenvalue weighted by molar-refractivity contribution is 5.96. The number of aromatic nitrogens is 1.